The molecule has 2 aliphatic rings. The number of amides is 1. The predicted molar refractivity (Wildman–Crippen MR) is 60.3 cm³/mol. The zero-order valence-electron chi connectivity index (χ0n) is 9.45. The van der Waals surface area contributed by atoms with E-state index in [1.807, 2.05) is 4.90 Å². The van der Waals surface area contributed by atoms with Crippen LogP contribution in [0.25, 0.3) is 0 Å². The molecular formula is C12H21N2O. The lowest BCUT2D eigenvalue weighted by Gasteiger charge is -2.37. The number of likely N-dealkylation sites (tertiary alicyclic amines) is 2. The van der Waals surface area contributed by atoms with E-state index in [1.165, 1.54) is 45.2 Å². The average molecular weight is 209 g/mol. The predicted octanol–water partition coefficient (Wildman–Crippen LogP) is 1.39. The van der Waals surface area contributed by atoms with E-state index >= 15 is 0 Å². The molecule has 0 aromatic carbocycles. The molecule has 0 aromatic heterocycles. The third-order valence-corrected chi connectivity index (χ3v) is 3.66. The maximum absolute atomic E-state index is 10.8. The van der Waals surface area contributed by atoms with Crippen molar-refractivity contribution in [2.75, 3.05) is 26.2 Å². The summed E-state index contributed by atoms with van der Waals surface area (Å²) in [6.07, 6.45) is 9.75. The minimum absolute atomic E-state index is 0.439. The molecular weight excluding hydrogens is 188 g/mol. The second kappa shape index (κ2) is 5.50. The average Bonchev–Trinajstić information content (AvgIpc) is 2.31. The van der Waals surface area contributed by atoms with Crippen LogP contribution >= 0.6 is 0 Å². The van der Waals surface area contributed by atoms with Crippen molar-refractivity contribution in [2.24, 2.45) is 0 Å². The molecule has 0 saturated carbocycles. The molecule has 3 nitrogen and oxygen atoms in total. The lowest BCUT2D eigenvalue weighted by atomic mass is 10.0. The fourth-order valence-electron chi connectivity index (χ4n) is 2.75. The highest BCUT2D eigenvalue weighted by Crippen LogP contribution is 2.18. The van der Waals surface area contributed by atoms with Crippen molar-refractivity contribution in [3.63, 3.8) is 0 Å². The monoisotopic (exact) mass is 209 g/mol. The van der Waals surface area contributed by atoms with E-state index in [4.69, 9.17) is 0 Å². The van der Waals surface area contributed by atoms with Crippen LogP contribution in [-0.2, 0) is 4.79 Å². The number of nitrogens with zero attached hydrogens (tertiary/aromatic N) is 2. The van der Waals surface area contributed by atoms with Crippen LogP contribution in [0.3, 0.4) is 0 Å². The number of hydrogen-bond acceptors (Lipinski definition) is 2. The van der Waals surface area contributed by atoms with Gasteiger partial charge in [0.15, 0.2) is 0 Å². The Bertz CT molecular complexity index is 202. The van der Waals surface area contributed by atoms with Crippen LogP contribution in [0.15, 0.2) is 0 Å². The van der Waals surface area contributed by atoms with Gasteiger partial charge >= 0.3 is 6.41 Å². The van der Waals surface area contributed by atoms with Crippen LogP contribution < -0.4 is 0 Å². The largest absolute Gasteiger partial charge is 0.330 e. The molecule has 0 N–H and O–H groups in total. The van der Waals surface area contributed by atoms with Gasteiger partial charge in [-0.25, -0.2) is 0 Å². The summed E-state index contributed by atoms with van der Waals surface area (Å²) < 4.78 is 0. The number of rotatable bonds is 3. The highest BCUT2D eigenvalue weighted by Gasteiger charge is 2.24. The lowest BCUT2D eigenvalue weighted by Crippen LogP contribution is -2.47. The fourth-order valence-corrected chi connectivity index (χ4v) is 2.75. The Hall–Kier alpha value is -0.570. The van der Waals surface area contributed by atoms with E-state index in [-0.39, 0.29) is 0 Å². The summed E-state index contributed by atoms with van der Waals surface area (Å²) in [5, 5.41) is 0. The molecule has 1 atom stereocenters. The van der Waals surface area contributed by atoms with Crippen molar-refractivity contribution in [1.82, 2.24) is 9.80 Å². The summed E-state index contributed by atoms with van der Waals surface area (Å²) in [7, 11) is 0. The molecule has 0 bridgehead atoms. The molecule has 15 heavy (non-hydrogen) atoms. The summed E-state index contributed by atoms with van der Waals surface area (Å²) in [4.78, 5) is 15.2. The zero-order valence-corrected chi connectivity index (χ0v) is 9.45. The van der Waals surface area contributed by atoms with E-state index in [1.54, 1.807) is 0 Å². The van der Waals surface area contributed by atoms with Crippen molar-refractivity contribution >= 4 is 6.41 Å². The molecule has 1 amide bonds. The van der Waals surface area contributed by atoms with Crippen LogP contribution in [0.5, 0.6) is 0 Å². The summed E-state index contributed by atoms with van der Waals surface area (Å²) in [5.74, 6) is 0. The highest BCUT2D eigenvalue weighted by atomic mass is 16.1. The number of piperidine rings is 2. The second-order valence-electron chi connectivity index (χ2n) is 4.80. The molecule has 2 saturated heterocycles. The highest BCUT2D eigenvalue weighted by molar-refractivity contribution is 5.49. The SMILES string of the molecule is O=[C]N1CCCCC1CN1CCCCC1. The zero-order chi connectivity index (χ0) is 10.5. The van der Waals surface area contributed by atoms with Gasteiger partial charge in [-0.2, -0.15) is 0 Å². The Kier molecular flexibility index (Phi) is 4.01. The normalized spacial score (nSPS) is 29.1. The van der Waals surface area contributed by atoms with E-state index < -0.39 is 0 Å². The standard InChI is InChI=1S/C12H21N2O/c15-11-14-9-5-2-6-12(14)10-13-7-3-1-4-8-13/h12H,1-10H2. The Balaban J connectivity index is 1.82. The first-order valence-corrected chi connectivity index (χ1v) is 6.27. The van der Waals surface area contributed by atoms with Crippen molar-refractivity contribution in [1.29, 1.82) is 0 Å². The molecule has 2 fully saturated rings. The Morgan fingerprint density at radius 2 is 1.73 bits per heavy atom. The maximum Gasteiger partial charge on any atom is 0.312 e. The Labute approximate surface area is 92.4 Å². The van der Waals surface area contributed by atoms with Crippen molar-refractivity contribution in [3.8, 4) is 0 Å². The van der Waals surface area contributed by atoms with Crippen molar-refractivity contribution in [2.45, 2.75) is 44.6 Å². The second-order valence-corrected chi connectivity index (χ2v) is 4.80. The van der Waals surface area contributed by atoms with Crippen LogP contribution in [-0.4, -0.2) is 48.4 Å². The van der Waals surface area contributed by atoms with Gasteiger partial charge in [0.2, 0.25) is 0 Å². The number of hydrogen-bond donors (Lipinski definition) is 0. The first-order chi connectivity index (χ1) is 7.40. The van der Waals surface area contributed by atoms with Gasteiger partial charge in [-0.3, -0.25) is 4.79 Å². The Morgan fingerprint density at radius 3 is 2.47 bits per heavy atom. The lowest BCUT2D eigenvalue weighted by molar-refractivity contribution is 0.141. The van der Waals surface area contributed by atoms with Crippen molar-refractivity contribution < 1.29 is 4.79 Å². The fraction of sp³-hybridized carbons (Fsp3) is 0.917. The summed E-state index contributed by atoms with van der Waals surface area (Å²) in [6.45, 7) is 4.45. The first kappa shape index (κ1) is 10.9. The van der Waals surface area contributed by atoms with Gasteiger partial charge in [0.05, 0.1) is 0 Å². The molecule has 2 aliphatic heterocycles. The van der Waals surface area contributed by atoms with Crippen LogP contribution in [0.1, 0.15) is 38.5 Å². The molecule has 85 valence electrons. The van der Waals surface area contributed by atoms with E-state index in [9.17, 15) is 4.79 Å². The summed E-state index contributed by atoms with van der Waals surface area (Å²) in [6, 6.07) is 0.439. The Morgan fingerprint density at radius 1 is 1.00 bits per heavy atom. The third kappa shape index (κ3) is 2.94. The quantitative estimate of drug-likeness (QED) is 0.701. The molecule has 1 unspecified atom stereocenters. The van der Waals surface area contributed by atoms with E-state index in [0.717, 1.165) is 19.5 Å². The molecule has 0 aliphatic carbocycles. The summed E-state index contributed by atoms with van der Waals surface area (Å²) in [5.41, 5.74) is 0. The molecule has 3 heteroatoms. The molecule has 2 heterocycles. The minimum Gasteiger partial charge on any atom is -0.330 e. The minimum atomic E-state index is 0.439. The smallest absolute Gasteiger partial charge is 0.312 e. The van der Waals surface area contributed by atoms with Crippen LogP contribution in [0.4, 0.5) is 0 Å². The molecule has 0 spiro atoms. The molecule has 1 radical (unpaired) electrons. The summed E-state index contributed by atoms with van der Waals surface area (Å²) >= 11 is 0. The van der Waals surface area contributed by atoms with Gasteiger partial charge in [-0.1, -0.05) is 6.42 Å². The first-order valence-electron chi connectivity index (χ1n) is 6.27. The van der Waals surface area contributed by atoms with Gasteiger partial charge in [0.1, 0.15) is 0 Å². The number of carbonyl (C=O) groups excluding carboxylic acids is 1. The molecule has 0 aromatic rings. The van der Waals surface area contributed by atoms with Crippen LogP contribution in [0, 0.1) is 0 Å². The molecule has 2 rings (SSSR count). The van der Waals surface area contributed by atoms with Gasteiger partial charge in [-0.15, -0.1) is 0 Å². The van der Waals surface area contributed by atoms with E-state index in [0.29, 0.717) is 6.04 Å². The van der Waals surface area contributed by atoms with Crippen LogP contribution in [0.2, 0.25) is 0 Å². The topological polar surface area (TPSA) is 23.6 Å². The maximum atomic E-state index is 10.8. The van der Waals surface area contributed by atoms with Gasteiger partial charge in [0, 0.05) is 19.1 Å². The van der Waals surface area contributed by atoms with Gasteiger partial charge < -0.3 is 9.80 Å². The van der Waals surface area contributed by atoms with Gasteiger partial charge in [-0.05, 0) is 45.2 Å². The van der Waals surface area contributed by atoms with Crippen molar-refractivity contribution in [3.05, 3.63) is 0 Å². The van der Waals surface area contributed by atoms with Gasteiger partial charge in [0.25, 0.3) is 0 Å². The van der Waals surface area contributed by atoms with E-state index in [2.05, 4.69) is 11.3 Å². The third-order valence-electron chi connectivity index (χ3n) is 3.66.